The van der Waals surface area contributed by atoms with E-state index in [1.54, 1.807) is 0 Å². The Labute approximate surface area is 114 Å². The number of carbonyl (C=O) groups excluding carboxylic acids is 1. The van der Waals surface area contributed by atoms with Gasteiger partial charge in [-0.15, -0.1) is 0 Å². The molecule has 0 spiro atoms. The minimum atomic E-state index is -0.606. The van der Waals surface area contributed by atoms with E-state index in [1.165, 1.54) is 25.2 Å². The molecule has 0 saturated carbocycles. The first-order valence-corrected chi connectivity index (χ1v) is 5.87. The van der Waals surface area contributed by atoms with Crippen LogP contribution in [0.25, 0.3) is 0 Å². The minimum Gasteiger partial charge on any atom is -0.422 e. The van der Waals surface area contributed by atoms with Crippen molar-refractivity contribution in [1.82, 2.24) is 5.32 Å². The van der Waals surface area contributed by atoms with E-state index in [2.05, 4.69) is 11.9 Å². The summed E-state index contributed by atoms with van der Waals surface area (Å²) < 4.78 is 4.80. The number of carbonyl (C=O) groups is 1. The Morgan fingerprint density at radius 3 is 2.24 bits per heavy atom. The molecular formula is C11H10Cl3NO2. The fourth-order valence-electron chi connectivity index (χ4n) is 0.733. The molecule has 1 aliphatic heterocycles. The quantitative estimate of drug-likeness (QED) is 0.299. The average Bonchev–Trinajstić information content (AvgIpc) is 3.13. The van der Waals surface area contributed by atoms with Crippen molar-refractivity contribution in [3.8, 4) is 5.75 Å². The predicted molar refractivity (Wildman–Crippen MR) is 70.2 cm³/mol. The van der Waals surface area contributed by atoms with Gasteiger partial charge in [-0.05, 0) is 6.07 Å². The van der Waals surface area contributed by atoms with Crippen molar-refractivity contribution in [3.63, 3.8) is 0 Å². The molecule has 92 valence electrons. The molecule has 17 heavy (non-hydrogen) atoms. The Morgan fingerprint density at radius 2 is 1.76 bits per heavy atom. The van der Waals surface area contributed by atoms with Crippen LogP contribution in [0.4, 0.5) is 0 Å². The minimum absolute atomic E-state index is 0.158. The fraction of sp³-hybridized carbons (Fsp3) is 0.182. The van der Waals surface area contributed by atoms with Crippen molar-refractivity contribution in [2.24, 2.45) is 0 Å². The van der Waals surface area contributed by atoms with E-state index >= 15 is 0 Å². The molecular weight excluding hydrogens is 284 g/mol. The number of hydrogen-bond donors (Lipinski definition) is 1. The van der Waals surface area contributed by atoms with Crippen LogP contribution in [0, 0.1) is 0 Å². The van der Waals surface area contributed by atoms with Gasteiger partial charge in [-0.2, -0.15) is 0 Å². The standard InChI is InChI=1S/C9H5Cl3O2.C2H5N/c1-2-9(13)14-8-4-6(11)5(10)3-7(8)12;1-2-3-1/h2-4H,1H2;3H,1-2H2. The second-order valence-electron chi connectivity index (χ2n) is 3.07. The van der Waals surface area contributed by atoms with E-state index in [4.69, 9.17) is 39.5 Å². The van der Waals surface area contributed by atoms with Gasteiger partial charge in [0.15, 0.2) is 5.75 Å². The molecule has 0 atom stereocenters. The Balaban J connectivity index is 0.000000415. The highest BCUT2D eigenvalue weighted by atomic mass is 35.5. The zero-order valence-corrected chi connectivity index (χ0v) is 11.1. The molecule has 0 aliphatic carbocycles. The van der Waals surface area contributed by atoms with E-state index in [0.29, 0.717) is 5.02 Å². The summed E-state index contributed by atoms with van der Waals surface area (Å²) in [4.78, 5) is 10.9. The molecule has 1 aromatic rings. The van der Waals surface area contributed by atoms with E-state index < -0.39 is 5.97 Å². The van der Waals surface area contributed by atoms with Gasteiger partial charge in [-0.3, -0.25) is 0 Å². The van der Waals surface area contributed by atoms with Crippen LogP contribution in [-0.2, 0) is 4.79 Å². The molecule has 0 bridgehead atoms. The van der Waals surface area contributed by atoms with Crippen LogP contribution in [-0.4, -0.2) is 19.1 Å². The maximum Gasteiger partial charge on any atom is 0.335 e. The van der Waals surface area contributed by atoms with Gasteiger partial charge in [0.1, 0.15) is 0 Å². The molecule has 1 saturated heterocycles. The van der Waals surface area contributed by atoms with E-state index in [9.17, 15) is 4.79 Å². The van der Waals surface area contributed by atoms with Crippen LogP contribution < -0.4 is 10.1 Å². The van der Waals surface area contributed by atoms with Crippen LogP contribution >= 0.6 is 34.8 Å². The molecule has 3 nitrogen and oxygen atoms in total. The van der Waals surface area contributed by atoms with Gasteiger partial charge >= 0.3 is 5.97 Å². The molecule has 1 N–H and O–H groups in total. The monoisotopic (exact) mass is 293 g/mol. The number of esters is 1. The number of hydrogen-bond acceptors (Lipinski definition) is 3. The van der Waals surface area contributed by atoms with Gasteiger partial charge in [-0.1, -0.05) is 41.4 Å². The highest BCUT2D eigenvalue weighted by Gasteiger charge is 2.09. The van der Waals surface area contributed by atoms with Gasteiger partial charge in [0.2, 0.25) is 0 Å². The smallest absolute Gasteiger partial charge is 0.335 e. The van der Waals surface area contributed by atoms with E-state index in [0.717, 1.165) is 6.08 Å². The summed E-state index contributed by atoms with van der Waals surface area (Å²) in [6, 6.07) is 2.77. The molecule has 0 radical (unpaired) electrons. The summed E-state index contributed by atoms with van der Waals surface area (Å²) >= 11 is 17.1. The van der Waals surface area contributed by atoms with Gasteiger partial charge < -0.3 is 10.1 Å². The lowest BCUT2D eigenvalue weighted by molar-refractivity contribution is -0.128. The lowest BCUT2D eigenvalue weighted by atomic mass is 10.3. The topological polar surface area (TPSA) is 48.2 Å². The molecule has 1 fully saturated rings. The van der Waals surface area contributed by atoms with Crippen molar-refractivity contribution in [2.45, 2.75) is 0 Å². The van der Waals surface area contributed by atoms with E-state index in [1.807, 2.05) is 0 Å². The lowest BCUT2D eigenvalue weighted by Crippen LogP contribution is -2.03. The van der Waals surface area contributed by atoms with E-state index in [-0.39, 0.29) is 15.8 Å². The Morgan fingerprint density at radius 1 is 1.24 bits per heavy atom. The van der Waals surface area contributed by atoms with Crippen molar-refractivity contribution in [3.05, 3.63) is 39.9 Å². The number of nitrogens with one attached hydrogen (secondary N) is 1. The van der Waals surface area contributed by atoms with Gasteiger partial charge in [-0.25, -0.2) is 4.79 Å². The number of rotatable bonds is 2. The van der Waals surface area contributed by atoms with Gasteiger partial charge in [0.25, 0.3) is 0 Å². The van der Waals surface area contributed by atoms with Crippen molar-refractivity contribution in [2.75, 3.05) is 13.1 Å². The average molecular weight is 295 g/mol. The fourth-order valence-corrected chi connectivity index (χ4v) is 1.31. The van der Waals surface area contributed by atoms with Crippen LogP contribution in [0.3, 0.4) is 0 Å². The second kappa shape index (κ2) is 6.87. The first-order chi connectivity index (χ1) is 8.04. The molecule has 1 aliphatic rings. The highest BCUT2D eigenvalue weighted by Crippen LogP contribution is 2.33. The maximum absolute atomic E-state index is 10.9. The third-order valence-electron chi connectivity index (χ3n) is 1.60. The second-order valence-corrected chi connectivity index (χ2v) is 4.29. The van der Waals surface area contributed by atoms with Crippen LogP contribution in [0.2, 0.25) is 15.1 Å². The van der Waals surface area contributed by atoms with Crippen LogP contribution in [0.5, 0.6) is 5.75 Å². The van der Waals surface area contributed by atoms with Gasteiger partial charge in [0.05, 0.1) is 15.1 Å². The summed E-state index contributed by atoms with van der Waals surface area (Å²) in [6.45, 7) is 5.75. The predicted octanol–water partition coefficient (Wildman–Crippen LogP) is 3.33. The zero-order chi connectivity index (χ0) is 12.8. The largest absolute Gasteiger partial charge is 0.422 e. The Kier molecular flexibility index (Phi) is 5.78. The van der Waals surface area contributed by atoms with Crippen molar-refractivity contribution >= 4 is 40.8 Å². The van der Waals surface area contributed by atoms with Crippen molar-refractivity contribution in [1.29, 1.82) is 0 Å². The number of benzene rings is 1. The van der Waals surface area contributed by atoms with Crippen LogP contribution in [0.1, 0.15) is 0 Å². The molecule has 1 aromatic carbocycles. The van der Waals surface area contributed by atoms with Crippen LogP contribution in [0.15, 0.2) is 24.8 Å². The maximum atomic E-state index is 10.9. The Hall–Kier alpha value is -0.740. The summed E-state index contributed by atoms with van der Waals surface area (Å²) in [5.74, 6) is -0.448. The zero-order valence-electron chi connectivity index (χ0n) is 8.80. The SMILES string of the molecule is C1CN1.C=CC(=O)Oc1cc(Cl)c(Cl)cc1Cl. The molecule has 6 heteroatoms. The molecule has 2 rings (SSSR count). The molecule has 0 unspecified atom stereocenters. The summed E-state index contributed by atoms with van der Waals surface area (Å²) in [5.41, 5.74) is 0. The number of ether oxygens (including phenoxy) is 1. The third kappa shape index (κ3) is 5.41. The highest BCUT2D eigenvalue weighted by molar-refractivity contribution is 6.43. The summed E-state index contributed by atoms with van der Waals surface area (Å²) in [6.07, 6.45) is 1.03. The Bertz CT molecular complexity index is 430. The molecule has 0 amide bonds. The first kappa shape index (κ1) is 14.3. The first-order valence-electron chi connectivity index (χ1n) is 4.74. The van der Waals surface area contributed by atoms with Gasteiger partial charge in [0, 0.05) is 25.2 Å². The summed E-state index contributed by atoms with van der Waals surface area (Å²) in [7, 11) is 0. The number of halogens is 3. The normalized spacial score (nSPS) is 12.2. The van der Waals surface area contributed by atoms with Crippen molar-refractivity contribution < 1.29 is 9.53 Å². The summed E-state index contributed by atoms with van der Waals surface area (Å²) in [5, 5.41) is 3.78. The third-order valence-corrected chi connectivity index (χ3v) is 2.62. The molecule has 1 heterocycles. The molecule has 0 aromatic heterocycles. The lowest BCUT2D eigenvalue weighted by Gasteiger charge is -2.05.